The highest BCUT2D eigenvalue weighted by atomic mass is 32.3. The fourth-order valence-electron chi connectivity index (χ4n) is 0.486. The zero-order valence-corrected chi connectivity index (χ0v) is 12.2. The van der Waals surface area contributed by atoms with Gasteiger partial charge in [-0.05, 0) is 6.92 Å². The molecule has 0 saturated heterocycles. The summed E-state index contributed by atoms with van der Waals surface area (Å²) in [6, 6.07) is 0. The molecule has 0 spiro atoms. The van der Waals surface area contributed by atoms with E-state index in [1.54, 1.807) is 0 Å². The van der Waals surface area contributed by atoms with Crippen molar-refractivity contribution in [3.05, 3.63) is 12.2 Å². The highest BCUT2D eigenvalue weighted by Gasteiger charge is 2.17. The zero-order valence-electron chi connectivity index (χ0n) is 11.4. The van der Waals surface area contributed by atoms with E-state index in [-0.39, 0.29) is 6.23 Å². The van der Waals surface area contributed by atoms with Gasteiger partial charge in [0.05, 0.1) is 34.9 Å². The molecule has 1 atom stereocenters. The van der Waals surface area contributed by atoms with E-state index in [2.05, 4.69) is 38.8 Å². The lowest BCUT2D eigenvalue weighted by Gasteiger charge is -2.31. The van der Waals surface area contributed by atoms with Crippen LogP contribution >= 0.6 is 0 Å². The van der Waals surface area contributed by atoms with E-state index in [0.29, 0.717) is 6.61 Å². The predicted molar refractivity (Wildman–Crippen MR) is 65.0 cm³/mol. The number of rotatable bonds is 5. The highest BCUT2D eigenvalue weighted by molar-refractivity contribution is 7.80. The summed E-state index contributed by atoms with van der Waals surface area (Å²) in [4.78, 5) is 0. The first-order chi connectivity index (χ1) is 7.40. The molecule has 17 heavy (non-hydrogen) atoms. The van der Waals surface area contributed by atoms with Crippen LogP contribution in [-0.2, 0) is 19.3 Å². The van der Waals surface area contributed by atoms with Crippen LogP contribution in [-0.4, -0.2) is 58.5 Å². The Bertz CT molecular complexity index is 318. The van der Waals surface area contributed by atoms with Gasteiger partial charge in [-0.2, -0.15) is 0 Å². The van der Waals surface area contributed by atoms with E-state index < -0.39 is 10.4 Å². The third kappa shape index (κ3) is 15.5. The largest absolute Gasteiger partial charge is 0.726 e. The van der Waals surface area contributed by atoms with Crippen molar-refractivity contribution < 1.29 is 26.4 Å². The summed E-state index contributed by atoms with van der Waals surface area (Å²) < 4.78 is 37.4. The molecule has 6 nitrogen and oxygen atoms in total. The summed E-state index contributed by atoms with van der Waals surface area (Å²) in [5.41, 5.74) is 1.07. The maximum absolute atomic E-state index is 9.22. The van der Waals surface area contributed by atoms with Crippen molar-refractivity contribution in [3.63, 3.8) is 0 Å². The summed E-state index contributed by atoms with van der Waals surface area (Å²) in [5, 5.41) is 0. The Morgan fingerprint density at radius 1 is 1.41 bits per heavy atom. The molecule has 0 aliphatic heterocycles. The molecule has 0 N–H and O–H groups in total. The van der Waals surface area contributed by atoms with Crippen molar-refractivity contribution in [2.75, 3.05) is 34.9 Å². The highest BCUT2D eigenvalue weighted by Crippen LogP contribution is 2.04. The molecule has 0 bridgehead atoms. The molecule has 0 aromatic rings. The van der Waals surface area contributed by atoms with Crippen LogP contribution in [0.5, 0.6) is 0 Å². The number of quaternary nitrogens is 1. The van der Waals surface area contributed by atoms with Gasteiger partial charge in [-0.1, -0.05) is 12.2 Å². The molecule has 0 aromatic heterocycles. The Labute approximate surface area is 104 Å². The lowest BCUT2D eigenvalue weighted by atomic mass is 10.4. The fourth-order valence-corrected chi connectivity index (χ4v) is 0.486. The van der Waals surface area contributed by atoms with E-state index in [1.165, 1.54) is 0 Å². The Hall–Kier alpha value is -0.470. The summed E-state index contributed by atoms with van der Waals surface area (Å²) in [6.07, 6.45) is 0.228. The molecule has 7 heteroatoms. The average molecular weight is 269 g/mol. The molecular formula is C10H23NO5S. The average Bonchev–Trinajstić information content (AvgIpc) is 2.12. The van der Waals surface area contributed by atoms with Crippen LogP contribution in [0.4, 0.5) is 0 Å². The smallest absolute Gasteiger partial charge is 0.217 e. The third-order valence-corrected chi connectivity index (χ3v) is 2.27. The molecule has 1 unspecified atom stereocenters. The lowest BCUT2D eigenvalue weighted by molar-refractivity contribution is -0.917. The van der Waals surface area contributed by atoms with Crippen molar-refractivity contribution in [2.45, 2.75) is 20.1 Å². The van der Waals surface area contributed by atoms with Gasteiger partial charge in [0, 0.05) is 6.92 Å². The lowest BCUT2D eigenvalue weighted by Crippen LogP contribution is -2.44. The second-order valence-electron chi connectivity index (χ2n) is 4.56. The quantitative estimate of drug-likeness (QED) is 0.242. The second kappa shape index (κ2) is 7.78. The number of hydrogen-bond donors (Lipinski definition) is 0. The molecule has 0 radical (unpaired) electrons. The van der Waals surface area contributed by atoms with Crippen LogP contribution in [0.1, 0.15) is 13.8 Å². The van der Waals surface area contributed by atoms with E-state index in [9.17, 15) is 13.0 Å². The van der Waals surface area contributed by atoms with Crippen LogP contribution in [0.2, 0.25) is 0 Å². The molecular weight excluding hydrogens is 246 g/mol. The summed E-state index contributed by atoms with van der Waals surface area (Å²) in [5.74, 6) is 0. The Morgan fingerprint density at radius 3 is 1.94 bits per heavy atom. The minimum absolute atomic E-state index is 0.228. The minimum Gasteiger partial charge on any atom is -0.726 e. The molecule has 0 aliphatic rings. The van der Waals surface area contributed by atoms with Crippen LogP contribution in [0.3, 0.4) is 0 Å². The Balaban J connectivity index is 0. The van der Waals surface area contributed by atoms with Gasteiger partial charge < -0.3 is 13.8 Å². The molecule has 0 aliphatic carbocycles. The Kier molecular flexibility index (Phi) is 8.64. The molecule has 0 fully saturated rings. The van der Waals surface area contributed by atoms with Crippen LogP contribution < -0.4 is 0 Å². The van der Waals surface area contributed by atoms with E-state index >= 15 is 0 Å². The predicted octanol–water partition coefficient (Wildman–Crippen LogP) is 0.724. The number of hydrogen-bond acceptors (Lipinski definition) is 5. The zero-order chi connectivity index (χ0) is 14.3. The molecule has 0 aromatic carbocycles. The van der Waals surface area contributed by atoms with Crippen LogP contribution in [0.25, 0.3) is 0 Å². The van der Waals surface area contributed by atoms with Crippen molar-refractivity contribution in [1.82, 2.24) is 0 Å². The monoisotopic (exact) mass is 269 g/mol. The maximum Gasteiger partial charge on any atom is 0.217 e. The molecule has 0 amide bonds. The number of nitrogens with zero attached hydrogens (tertiary/aromatic N) is 1. The van der Waals surface area contributed by atoms with E-state index in [0.717, 1.165) is 17.2 Å². The van der Waals surface area contributed by atoms with Gasteiger partial charge in [0.1, 0.15) is 0 Å². The molecule has 0 heterocycles. The number of ether oxygens (including phenoxy) is 1. The molecule has 0 rings (SSSR count). The van der Waals surface area contributed by atoms with Crippen molar-refractivity contribution in [1.29, 1.82) is 0 Å². The van der Waals surface area contributed by atoms with Crippen LogP contribution in [0, 0.1) is 0 Å². The Morgan fingerprint density at radius 2 is 1.76 bits per heavy atom. The molecule has 104 valence electrons. The second-order valence-corrected chi connectivity index (χ2v) is 5.71. The SMILES string of the molecule is C=C(C)COC(C)[N+](C)(C)C.COS(=O)(=O)[O-]. The van der Waals surface area contributed by atoms with Gasteiger partial charge in [0.15, 0.2) is 6.23 Å². The first-order valence-corrected chi connectivity index (χ1v) is 6.32. The maximum atomic E-state index is 9.22. The van der Waals surface area contributed by atoms with Crippen molar-refractivity contribution in [3.8, 4) is 0 Å². The summed E-state index contributed by atoms with van der Waals surface area (Å²) >= 11 is 0. The van der Waals surface area contributed by atoms with Gasteiger partial charge in [-0.25, -0.2) is 8.42 Å². The fraction of sp³-hybridized carbons (Fsp3) is 0.800. The van der Waals surface area contributed by atoms with Crippen molar-refractivity contribution in [2.24, 2.45) is 0 Å². The van der Waals surface area contributed by atoms with Gasteiger partial charge in [-0.15, -0.1) is 0 Å². The topological polar surface area (TPSA) is 75.7 Å². The molecule has 0 saturated carbocycles. The van der Waals surface area contributed by atoms with E-state index in [4.69, 9.17) is 4.74 Å². The van der Waals surface area contributed by atoms with Crippen LogP contribution in [0.15, 0.2) is 12.2 Å². The summed E-state index contributed by atoms with van der Waals surface area (Å²) in [7, 11) is 2.74. The third-order valence-electron chi connectivity index (χ3n) is 1.87. The standard InChI is InChI=1S/C9H20NO.CH4O4S/c1-8(2)7-11-9(3)10(4,5)6;1-5-6(2,3)4/h9H,1,7H2,2-6H3;1H3,(H,2,3,4)/q+1;/p-1. The first-order valence-electron chi connectivity index (χ1n) is 4.98. The minimum atomic E-state index is -4.41. The van der Waals surface area contributed by atoms with Gasteiger partial charge >= 0.3 is 0 Å². The van der Waals surface area contributed by atoms with Crippen molar-refractivity contribution >= 4 is 10.4 Å². The van der Waals surface area contributed by atoms with Gasteiger partial charge in [-0.3, -0.25) is 4.18 Å². The normalized spacial score (nSPS) is 13.6. The summed E-state index contributed by atoms with van der Waals surface area (Å²) in [6.45, 7) is 8.49. The first kappa shape index (κ1) is 18.9. The van der Waals surface area contributed by atoms with E-state index in [1.807, 2.05) is 6.92 Å². The van der Waals surface area contributed by atoms with Gasteiger partial charge in [0.25, 0.3) is 0 Å². The van der Waals surface area contributed by atoms with Gasteiger partial charge in [0.2, 0.25) is 10.4 Å².